The van der Waals surface area contributed by atoms with Crippen molar-refractivity contribution in [2.75, 3.05) is 13.1 Å². The Morgan fingerprint density at radius 2 is 1.68 bits per heavy atom. The summed E-state index contributed by atoms with van der Waals surface area (Å²) in [5, 5.41) is 0. The van der Waals surface area contributed by atoms with Crippen molar-refractivity contribution in [3.8, 4) is 0 Å². The summed E-state index contributed by atoms with van der Waals surface area (Å²) in [5.74, 6) is 0. The van der Waals surface area contributed by atoms with Crippen molar-refractivity contribution in [3.05, 3.63) is 41.5 Å². The maximum absolute atomic E-state index is 12.6. The molecular weight excluding hydrogens is 298 g/mol. The van der Waals surface area contributed by atoms with Crippen LogP contribution >= 0.6 is 0 Å². The van der Waals surface area contributed by atoms with Gasteiger partial charge in [0, 0.05) is 6.54 Å². The molecule has 0 heterocycles. The molecule has 0 spiro atoms. The maximum Gasteiger partial charge on any atom is 0.243 e. The third kappa shape index (κ3) is 4.27. The first-order chi connectivity index (χ1) is 10.5. The summed E-state index contributed by atoms with van der Waals surface area (Å²) >= 11 is 0. The highest BCUT2D eigenvalue weighted by molar-refractivity contribution is 7.89. The standard InChI is InChI=1S/C17H23NO3S/c1-15-7-9-17(10-8-15)22(20,21)18(13-14-19)12-11-16-5-3-2-4-6-16/h7-11,14H,2-6,12-13H2,1H3. The lowest BCUT2D eigenvalue weighted by atomic mass is 9.95. The molecule has 2 rings (SSSR count). The zero-order chi connectivity index (χ0) is 16.0. The number of aryl methyl sites for hydroxylation is 1. The van der Waals surface area contributed by atoms with Crippen LogP contribution in [-0.2, 0) is 14.8 Å². The fourth-order valence-corrected chi connectivity index (χ4v) is 3.96. The number of carbonyl (C=O) groups is 1. The Hall–Kier alpha value is -1.46. The van der Waals surface area contributed by atoms with E-state index >= 15 is 0 Å². The molecule has 1 aliphatic carbocycles. The molecule has 0 aromatic heterocycles. The van der Waals surface area contributed by atoms with Gasteiger partial charge in [-0.1, -0.05) is 35.8 Å². The fourth-order valence-electron chi connectivity index (χ4n) is 2.65. The molecule has 0 saturated heterocycles. The van der Waals surface area contributed by atoms with E-state index < -0.39 is 10.0 Å². The Bertz CT molecular complexity index is 624. The maximum atomic E-state index is 12.6. The first-order valence-electron chi connectivity index (χ1n) is 7.72. The summed E-state index contributed by atoms with van der Waals surface area (Å²) in [4.78, 5) is 11.1. The van der Waals surface area contributed by atoms with Crippen molar-refractivity contribution in [2.45, 2.75) is 43.9 Å². The van der Waals surface area contributed by atoms with Gasteiger partial charge in [0.2, 0.25) is 10.0 Å². The van der Waals surface area contributed by atoms with Crippen LogP contribution in [0, 0.1) is 6.92 Å². The van der Waals surface area contributed by atoms with Crippen molar-refractivity contribution >= 4 is 16.3 Å². The van der Waals surface area contributed by atoms with Crippen LogP contribution in [0.4, 0.5) is 0 Å². The van der Waals surface area contributed by atoms with Crippen LogP contribution in [0.15, 0.2) is 40.8 Å². The molecule has 0 aliphatic heterocycles. The summed E-state index contributed by atoms with van der Waals surface area (Å²) in [5.41, 5.74) is 2.31. The SMILES string of the molecule is Cc1ccc(S(=O)(=O)N(CC=O)CC=C2CCCCC2)cc1. The molecule has 0 atom stereocenters. The highest BCUT2D eigenvalue weighted by atomic mass is 32.2. The Labute approximate surface area is 132 Å². The zero-order valence-corrected chi connectivity index (χ0v) is 13.8. The molecule has 4 nitrogen and oxygen atoms in total. The summed E-state index contributed by atoms with van der Waals surface area (Å²) < 4.78 is 26.5. The van der Waals surface area contributed by atoms with Gasteiger partial charge < -0.3 is 4.79 Å². The average molecular weight is 321 g/mol. The summed E-state index contributed by atoms with van der Waals surface area (Å²) in [7, 11) is -3.62. The van der Waals surface area contributed by atoms with Crippen molar-refractivity contribution in [1.29, 1.82) is 0 Å². The van der Waals surface area contributed by atoms with E-state index in [-0.39, 0.29) is 18.0 Å². The van der Waals surface area contributed by atoms with E-state index in [1.807, 2.05) is 13.0 Å². The van der Waals surface area contributed by atoms with Gasteiger partial charge in [0.05, 0.1) is 11.4 Å². The van der Waals surface area contributed by atoms with Crippen LogP contribution in [-0.4, -0.2) is 32.1 Å². The largest absolute Gasteiger partial charge is 0.302 e. The highest BCUT2D eigenvalue weighted by Crippen LogP contribution is 2.23. The van der Waals surface area contributed by atoms with Crippen LogP contribution in [0.3, 0.4) is 0 Å². The van der Waals surface area contributed by atoms with E-state index in [9.17, 15) is 13.2 Å². The minimum Gasteiger partial charge on any atom is -0.302 e. The van der Waals surface area contributed by atoms with E-state index in [0.717, 1.165) is 18.4 Å². The summed E-state index contributed by atoms with van der Waals surface area (Å²) in [6, 6.07) is 6.73. The molecular formula is C17H23NO3S. The molecule has 0 radical (unpaired) electrons. The predicted octanol–water partition coefficient (Wildman–Crippen LogP) is 3.08. The van der Waals surface area contributed by atoms with Gasteiger partial charge in [-0.3, -0.25) is 0 Å². The number of benzene rings is 1. The Balaban J connectivity index is 2.18. The van der Waals surface area contributed by atoms with E-state index in [2.05, 4.69) is 0 Å². The lowest BCUT2D eigenvalue weighted by molar-refractivity contribution is -0.108. The minimum atomic E-state index is -3.62. The molecule has 0 N–H and O–H groups in total. The molecule has 0 bridgehead atoms. The number of carbonyl (C=O) groups excluding carboxylic acids is 1. The predicted molar refractivity (Wildman–Crippen MR) is 87.2 cm³/mol. The van der Waals surface area contributed by atoms with Crippen LogP contribution in [0.2, 0.25) is 0 Å². The van der Waals surface area contributed by atoms with E-state index in [4.69, 9.17) is 0 Å². The van der Waals surface area contributed by atoms with Gasteiger partial charge in [0.15, 0.2) is 0 Å². The number of hydrogen-bond acceptors (Lipinski definition) is 3. The zero-order valence-electron chi connectivity index (χ0n) is 13.0. The fraction of sp³-hybridized carbons (Fsp3) is 0.471. The lowest BCUT2D eigenvalue weighted by Gasteiger charge is -2.20. The third-order valence-electron chi connectivity index (χ3n) is 4.02. The van der Waals surface area contributed by atoms with Crippen molar-refractivity contribution in [1.82, 2.24) is 4.31 Å². The first-order valence-corrected chi connectivity index (χ1v) is 9.16. The number of sulfonamides is 1. The van der Waals surface area contributed by atoms with Gasteiger partial charge in [-0.05, 0) is 44.7 Å². The van der Waals surface area contributed by atoms with Gasteiger partial charge in [0.1, 0.15) is 6.29 Å². The lowest BCUT2D eigenvalue weighted by Crippen LogP contribution is -2.33. The van der Waals surface area contributed by atoms with Gasteiger partial charge >= 0.3 is 0 Å². The first kappa shape index (κ1) is 16.9. The number of hydrogen-bond donors (Lipinski definition) is 0. The van der Waals surface area contributed by atoms with Crippen LogP contribution < -0.4 is 0 Å². The van der Waals surface area contributed by atoms with Gasteiger partial charge in [-0.2, -0.15) is 4.31 Å². The minimum absolute atomic E-state index is 0.111. The highest BCUT2D eigenvalue weighted by Gasteiger charge is 2.23. The second kappa shape index (κ2) is 7.70. The third-order valence-corrected chi connectivity index (χ3v) is 5.86. The van der Waals surface area contributed by atoms with Crippen molar-refractivity contribution in [2.24, 2.45) is 0 Å². The molecule has 1 fully saturated rings. The molecule has 1 aromatic carbocycles. The molecule has 120 valence electrons. The van der Waals surface area contributed by atoms with Gasteiger partial charge in [0.25, 0.3) is 0 Å². The smallest absolute Gasteiger partial charge is 0.243 e. The molecule has 1 aromatic rings. The summed E-state index contributed by atoms with van der Waals surface area (Å²) in [6.07, 6.45) is 8.30. The Kier molecular flexibility index (Phi) is 5.91. The summed E-state index contributed by atoms with van der Waals surface area (Å²) in [6.45, 7) is 2.07. The Morgan fingerprint density at radius 3 is 2.27 bits per heavy atom. The number of nitrogens with zero attached hydrogens (tertiary/aromatic N) is 1. The van der Waals surface area contributed by atoms with Gasteiger partial charge in [-0.15, -0.1) is 0 Å². The van der Waals surface area contributed by atoms with Gasteiger partial charge in [-0.25, -0.2) is 8.42 Å². The number of rotatable bonds is 6. The van der Waals surface area contributed by atoms with Crippen LogP contribution in [0.5, 0.6) is 0 Å². The van der Waals surface area contributed by atoms with Crippen LogP contribution in [0.25, 0.3) is 0 Å². The van der Waals surface area contributed by atoms with Crippen molar-refractivity contribution in [3.63, 3.8) is 0 Å². The number of aldehydes is 1. The number of allylic oxidation sites excluding steroid dienone is 1. The van der Waals surface area contributed by atoms with E-state index in [1.165, 1.54) is 29.1 Å². The van der Waals surface area contributed by atoms with Crippen LogP contribution in [0.1, 0.15) is 37.7 Å². The van der Waals surface area contributed by atoms with Crippen molar-refractivity contribution < 1.29 is 13.2 Å². The molecule has 0 unspecified atom stereocenters. The second-order valence-corrected chi connectivity index (χ2v) is 7.66. The van der Waals surface area contributed by atoms with E-state index in [1.54, 1.807) is 24.3 Å². The topological polar surface area (TPSA) is 54.5 Å². The quantitative estimate of drug-likeness (QED) is 0.597. The van der Waals surface area contributed by atoms with E-state index in [0.29, 0.717) is 6.29 Å². The molecule has 5 heteroatoms. The molecule has 1 aliphatic rings. The molecule has 1 saturated carbocycles. The Morgan fingerprint density at radius 1 is 1.05 bits per heavy atom. The average Bonchev–Trinajstić information content (AvgIpc) is 2.52. The molecule has 0 amide bonds. The normalized spacial score (nSPS) is 15.8. The molecule has 22 heavy (non-hydrogen) atoms. The monoisotopic (exact) mass is 321 g/mol. The second-order valence-electron chi connectivity index (χ2n) is 5.72.